The fraction of sp³-hybridized carbons (Fsp3) is 0.0909. The van der Waals surface area contributed by atoms with E-state index in [0.717, 1.165) is 6.26 Å². The van der Waals surface area contributed by atoms with E-state index in [2.05, 4.69) is 20.0 Å². The predicted octanol–water partition coefficient (Wildman–Crippen LogP) is 0.239. The summed E-state index contributed by atoms with van der Waals surface area (Å²) in [4.78, 5) is 7.73. The maximum absolute atomic E-state index is 11.2. The summed E-state index contributed by atoms with van der Waals surface area (Å²) in [6, 6.07) is 7.22. The minimum absolute atomic E-state index is 0.0137. The molecule has 0 atom stereocenters. The zero-order chi connectivity index (χ0) is 16.4. The van der Waals surface area contributed by atoms with Gasteiger partial charge in [-0.1, -0.05) is 0 Å². The van der Waals surface area contributed by atoms with Gasteiger partial charge in [-0.3, -0.25) is 4.72 Å². The quantitative estimate of drug-likeness (QED) is 0.705. The Bertz CT molecular complexity index is 879. The van der Waals surface area contributed by atoms with Crippen molar-refractivity contribution in [1.29, 1.82) is 0 Å². The van der Waals surface area contributed by atoms with Crippen molar-refractivity contribution in [3.05, 3.63) is 36.5 Å². The van der Waals surface area contributed by atoms with Crippen LogP contribution in [0, 0.1) is 0 Å². The van der Waals surface area contributed by atoms with E-state index in [-0.39, 0.29) is 10.8 Å². The predicted molar refractivity (Wildman–Crippen MR) is 81.6 cm³/mol. The van der Waals surface area contributed by atoms with E-state index in [4.69, 9.17) is 5.14 Å². The average molecular weight is 343 g/mol. The zero-order valence-corrected chi connectivity index (χ0v) is 13.0. The van der Waals surface area contributed by atoms with Crippen LogP contribution < -0.4 is 15.2 Å². The van der Waals surface area contributed by atoms with E-state index in [1.54, 1.807) is 0 Å². The van der Waals surface area contributed by atoms with Crippen molar-refractivity contribution in [2.45, 2.75) is 4.90 Å². The molecule has 0 aliphatic heterocycles. The molecule has 0 aliphatic rings. The van der Waals surface area contributed by atoms with E-state index in [0.29, 0.717) is 11.5 Å². The van der Waals surface area contributed by atoms with Gasteiger partial charge in [0.05, 0.1) is 11.2 Å². The molecule has 1 heterocycles. The maximum Gasteiger partial charge on any atom is 0.238 e. The normalized spacial score (nSPS) is 11.9. The molecule has 0 fully saturated rings. The van der Waals surface area contributed by atoms with Crippen LogP contribution in [0.3, 0.4) is 0 Å². The summed E-state index contributed by atoms with van der Waals surface area (Å²) < 4.78 is 46.7. The molecule has 0 amide bonds. The molecule has 1 aromatic carbocycles. The minimum atomic E-state index is -3.75. The summed E-state index contributed by atoms with van der Waals surface area (Å²) in [5, 5.41) is 7.89. The highest BCUT2D eigenvalue weighted by Crippen LogP contribution is 2.17. The Hall–Kier alpha value is -2.24. The van der Waals surface area contributed by atoms with Crippen LogP contribution >= 0.6 is 0 Å². The molecule has 0 unspecified atom stereocenters. The third kappa shape index (κ3) is 4.65. The summed E-state index contributed by atoms with van der Waals surface area (Å²) in [7, 11) is -7.22. The highest BCUT2D eigenvalue weighted by molar-refractivity contribution is 7.92. The standard InChI is InChI=1S/C11H13N5O4S2/c1-21(17,18)16-11-13-7-6-10(15-11)14-8-2-4-9(5-3-8)22(12,19)20/h2-7H,1H3,(H2,12,19,20)(H2,13,14,15,16). The third-order valence-electron chi connectivity index (χ3n) is 2.39. The van der Waals surface area contributed by atoms with Crippen LogP contribution in [0.1, 0.15) is 0 Å². The Labute approximate surface area is 127 Å². The van der Waals surface area contributed by atoms with Crippen LogP contribution in [0.2, 0.25) is 0 Å². The first kappa shape index (κ1) is 16.1. The number of hydrogen-bond acceptors (Lipinski definition) is 7. The number of nitrogens with zero attached hydrogens (tertiary/aromatic N) is 2. The average Bonchev–Trinajstić information content (AvgIpc) is 2.36. The van der Waals surface area contributed by atoms with E-state index < -0.39 is 20.0 Å². The molecular weight excluding hydrogens is 330 g/mol. The van der Waals surface area contributed by atoms with Crippen molar-refractivity contribution in [3.8, 4) is 0 Å². The van der Waals surface area contributed by atoms with Gasteiger partial charge >= 0.3 is 0 Å². The molecule has 9 nitrogen and oxygen atoms in total. The Morgan fingerprint density at radius 3 is 2.23 bits per heavy atom. The van der Waals surface area contributed by atoms with Gasteiger partial charge in [-0.15, -0.1) is 0 Å². The van der Waals surface area contributed by atoms with Crippen LogP contribution in [0.15, 0.2) is 41.4 Å². The fourth-order valence-corrected chi connectivity index (χ4v) is 2.46. The molecule has 0 bridgehead atoms. The lowest BCUT2D eigenvalue weighted by molar-refractivity contribution is 0.597. The lowest BCUT2D eigenvalue weighted by atomic mass is 10.3. The molecule has 0 aliphatic carbocycles. The first-order chi connectivity index (χ1) is 10.1. The second kappa shape index (κ2) is 5.87. The number of primary sulfonamides is 1. The molecule has 0 saturated heterocycles. The van der Waals surface area contributed by atoms with Crippen molar-refractivity contribution in [3.63, 3.8) is 0 Å². The van der Waals surface area contributed by atoms with Gasteiger partial charge in [-0.05, 0) is 30.3 Å². The summed E-state index contributed by atoms with van der Waals surface area (Å²) >= 11 is 0. The van der Waals surface area contributed by atoms with Crippen molar-refractivity contribution >= 4 is 37.5 Å². The molecule has 22 heavy (non-hydrogen) atoms. The topological polar surface area (TPSA) is 144 Å². The molecule has 2 rings (SSSR count). The maximum atomic E-state index is 11.2. The number of sulfonamides is 2. The van der Waals surface area contributed by atoms with Crippen molar-refractivity contribution in [1.82, 2.24) is 9.97 Å². The van der Waals surface area contributed by atoms with Crippen LogP contribution in [-0.4, -0.2) is 33.1 Å². The number of nitrogens with two attached hydrogens (primary N) is 1. The van der Waals surface area contributed by atoms with Gasteiger partial charge in [0, 0.05) is 11.9 Å². The highest BCUT2D eigenvalue weighted by Gasteiger charge is 2.08. The van der Waals surface area contributed by atoms with E-state index in [9.17, 15) is 16.8 Å². The van der Waals surface area contributed by atoms with Crippen molar-refractivity contribution in [2.75, 3.05) is 16.3 Å². The molecule has 0 radical (unpaired) electrons. The van der Waals surface area contributed by atoms with Crippen LogP contribution in [0.4, 0.5) is 17.5 Å². The smallest absolute Gasteiger partial charge is 0.238 e. The summed E-state index contributed by atoms with van der Waals surface area (Å²) in [5.41, 5.74) is 0.552. The van der Waals surface area contributed by atoms with Gasteiger partial charge in [-0.2, -0.15) is 4.98 Å². The SMILES string of the molecule is CS(=O)(=O)Nc1nccc(Nc2ccc(S(N)(=O)=O)cc2)n1. The summed E-state index contributed by atoms with van der Waals surface area (Å²) in [6.45, 7) is 0. The third-order valence-corrected chi connectivity index (χ3v) is 3.87. The molecule has 2 aromatic rings. The van der Waals surface area contributed by atoms with E-state index >= 15 is 0 Å². The molecule has 1 aromatic heterocycles. The number of aromatic nitrogens is 2. The Balaban J connectivity index is 2.19. The summed E-state index contributed by atoms with van der Waals surface area (Å²) in [6.07, 6.45) is 2.37. The minimum Gasteiger partial charge on any atom is -0.340 e. The van der Waals surface area contributed by atoms with E-state index in [1.807, 2.05) is 0 Å². The molecular formula is C11H13N5O4S2. The second-order valence-electron chi connectivity index (χ2n) is 4.33. The number of benzene rings is 1. The number of rotatable bonds is 5. The fourth-order valence-electron chi connectivity index (χ4n) is 1.52. The van der Waals surface area contributed by atoms with Crippen LogP contribution in [0.25, 0.3) is 0 Å². The van der Waals surface area contributed by atoms with Crippen LogP contribution in [-0.2, 0) is 20.0 Å². The van der Waals surface area contributed by atoms with Crippen molar-refractivity contribution in [2.24, 2.45) is 5.14 Å². The Morgan fingerprint density at radius 2 is 1.68 bits per heavy atom. The van der Waals surface area contributed by atoms with Gasteiger partial charge in [0.1, 0.15) is 5.82 Å². The van der Waals surface area contributed by atoms with Gasteiger partial charge in [0.2, 0.25) is 26.0 Å². The van der Waals surface area contributed by atoms with Gasteiger partial charge in [0.25, 0.3) is 0 Å². The monoisotopic (exact) mass is 343 g/mol. The van der Waals surface area contributed by atoms with Crippen molar-refractivity contribution < 1.29 is 16.8 Å². The van der Waals surface area contributed by atoms with Gasteiger partial charge in [0.15, 0.2) is 0 Å². The molecule has 118 valence electrons. The highest BCUT2D eigenvalue weighted by atomic mass is 32.2. The number of hydrogen-bond donors (Lipinski definition) is 3. The number of anilines is 3. The summed E-state index contributed by atoms with van der Waals surface area (Å²) in [5.74, 6) is 0.262. The first-order valence-electron chi connectivity index (χ1n) is 5.84. The zero-order valence-electron chi connectivity index (χ0n) is 11.4. The van der Waals surface area contributed by atoms with Crippen LogP contribution in [0.5, 0.6) is 0 Å². The second-order valence-corrected chi connectivity index (χ2v) is 7.64. The Kier molecular flexibility index (Phi) is 4.30. The Morgan fingerprint density at radius 1 is 1.05 bits per heavy atom. The van der Waals surface area contributed by atoms with E-state index in [1.165, 1.54) is 36.5 Å². The molecule has 11 heteroatoms. The van der Waals surface area contributed by atoms with Gasteiger partial charge < -0.3 is 5.32 Å². The lowest BCUT2D eigenvalue weighted by Gasteiger charge is -2.08. The lowest BCUT2D eigenvalue weighted by Crippen LogP contribution is -2.12. The van der Waals surface area contributed by atoms with Gasteiger partial charge in [-0.25, -0.2) is 27.0 Å². The largest absolute Gasteiger partial charge is 0.340 e. The first-order valence-corrected chi connectivity index (χ1v) is 9.28. The molecule has 0 saturated carbocycles. The number of nitrogens with one attached hydrogen (secondary N) is 2. The molecule has 0 spiro atoms. The molecule has 4 N–H and O–H groups in total.